The normalized spacial score (nSPS) is 31.4. The lowest BCUT2D eigenvalue weighted by atomic mass is 9.76. The summed E-state index contributed by atoms with van der Waals surface area (Å²) in [6.07, 6.45) is 13.3. The van der Waals surface area contributed by atoms with Gasteiger partial charge in [-0.3, -0.25) is 0 Å². The summed E-state index contributed by atoms with van der Waals surface area (Å²) in [7, 11) is 0. The van der Waals surface area contributed by atoms with Crippen LogP contribution in [0.4, 0.5) is 0 Å². The first kappa shape index (κ1) is 13.4. The first-order chi connectivity index (χ1) is 8.33. The van der Waals surface area contributed by atoms with Crippen LogP contribution in [0.25, 0.3) is 0 Å². The van der Waals surface area contributed by atoms with Crippen molar-refractivity contribution >= 4 is 0 Å². The summed E-state index contributed by atoms with van der Waals surface area (Å²) in [5.74, 6) is 3.12. The molecular formula is C16H31N. The van der Waals surface area contributed by atoms with Gasteiger partial charge in [0, 0.05) is 6.04 Å². The van der Waals surface area contributed by atoms with Gasteiger partial charge >= 0.3 is 0 Å². The van der Waals surface area contributed by atoms with Crippen molar-refractivity contribution in [1.29, 1.82) is 0 Å². The summed E-state index contributed by atoms with van der Waals surface area (Å²) in [4.78, 5) is 0. The number of hydrogen-bond acceptors (Lipinski definition) is 1. The third-order valence-electron chi connectivity index (χ3n) is 5.09. The van der Waals surface area contributed by atoms with Crippen LogP contribution >= 0.6 is 0 Å². The molecule has 100 valence electrons. The Morgan fingerprint density at radius 2 is 1.59 bits per heavy atom. The quantitative estimate of drug-likeness (QED) is 0.693. The van der Waals surface area contributed by atoms with E-state index in [4.69, 9.17) is 0 Å². The molecular weight excluding hydrogens is 206 g/mol. The lowest BCUT2D eigenvalue weighted by molar-refractivity contribution is 0.209. The van der Waals surface area contributed by atoms with E-state index < -0.39 is 0 Å². The molecule has 0 saturated heterocycles. The summed E-state index contributed by atoms with van der Waals surface area (Å²) in [5, 5.41) is 3.77. The fourth-order valence-electron chi connectivity index (χ4n) is 3.59. The van der Waals surface area contributed by atoms with Gasteiger partial charge in [-0.05, 0) is 50.0 Å². The molecule has 0 heterocycles. The van der Waals surface area contributed by atoms with Crippen LogP contribution in [-0.4, -0.2) is 12.6 Å². The number of nitrogens with one attached hydrogen (secondary N) is 1. The molecule has 1 nitrogen and oxygen atoms in total. The lowest BCUT2D eigenvalue weighted by Crippen LogP contribution is -2.38. The highest BCUT2D eigenvalue weighted by molar-refractivity contribution is 4.84. The molecule has 1 unspecified atom stereocenters. The summed E-state index contributed by atoms with van der Waals surface area (Å²) < 4.78 is 0. The Morgan fingerprint density at radius 3 is 2.12 bits per heavy atom. The van der Waals surface area contributed by atoms with Crippen molar-refractivity contribution in [2.45, 2.75) is 77.7 Å². The number of rotatable bonds is 7. The predicted molar refractivity (Wildman–Crippen MR) is 75.2 cm³/mol. The molecule has 2 rings (SSSR count). The van der Waals surface area contributed by atoms with E-state index in [9.17, 15) is 0 Å². The summed E-state index contributed by atoms with van der Waals surface area (Å²) in [5.41, 5.74) is 0. The maximum atomic E-state index is 3.77. The number of hydrogen-bond donors (Lipinski definition) is 1. The van der Waals surface area contributed by atoms with Gasteiger partial charge < -0.3 is 5.32 Å². The monoisotopic (exact) mass is 237 g/mol. The molecule has 1 heteroatoms. The molecule has 1 N–H and O–H groups in total. The minimum atomic E-state index is 0.832. The van der Waals surface area contributed by atoms with E-state index in [0.717, 1.165) is 30.3 Å². The molecule has 0 aliphatic heterocycles. The van der Waals surface area contributed by atoms with Gasteiger partial charge in [0.05, 0.1) is 0 Å². The first-order valence-corrected chi connectivity index (χ1v) is 8.06. The van der Waals surface area contributed by atoms with Gasteiger partial charge in [0.1, 0.15) is 0 Å². The molecule has 2 fully saturated rings. The zero-order valence-electron chi connectivity index (χ0n) is 11.9. The molecule has 1 atom stereocenters. The summed E-state index contributed by atoms with van der Waals surface area (Å²) >= 11 is 0. The van der Waals surface area contributed by atoms with Crippen LogP contribution in [0.3, 0.4) is 0 Å². The maximum absolute atomic E-state index is 3.77. The van der Waals surface area contributed by atoms with Gasteiger partial charge in [-0.25, -0.2) is 0 Å². The van der Waals surface area contributed by atoms with E-state index in [1.807, 2.05) is 0 Å². The molecule has 0 amide bonds. The molecule has 0 radical (unpaired) electrons. The van der Waals surface area contributed by atoms with Gasteiger partial charge in [-0.1, -0.05) is 46.0 Å². The van der Waals surface area contributed by atoms with E-state index in [-0.39, 0.29) is 0 Å². The second-order valence-electron chi connectivity index (χ2n) is 6.37. The zero-order chi connectivity index (χ0) is 12.1. The van der Waals surface area contributed by atoms with Crippen molar-refractivity contribution in [3.63, 3.8) is 0 Å². The topological polar surface area (TPSA) is 12.0 Å². The second kappa shape index (κ2) is 6.78. The van der Waals surface area contributed by atoms with Crippen LogP contribution in [0.5, 0.6) is 0 Å². The van der Waals surface area contributed by atoms with Gasteiger partial charge in [-0.15, -0.1) is 0 Å². The molecule has 0 aromatic carbocycles. The van der Waals surface area contributed by atoms with Gasteiger partial charge in [0.15, 0.2) is 0 Å². The lowest BCUT2D eigenvalue weighted by Gasteiger charge is -2.34. The van der Waals surface area contributed by atoms with Crippen LogP contribution in [-0.2, 0) is 0 Å². The highest BCUT2D eigenvalue weighted by atomic mass is 14.9. The van der Waals surface area contributed by atoms with Gasteiger partial charge in [0.25, 0.3) is 0 Å². The molecule has 0 bridgehead atoms. The zero-order valence-corrected chi connectivity index (χ0v) is 11.9. The Balaban J connectivity index is 1.74. The largest absolute Gasteiger partial charge is 0.314 e. The molecule has 0 aromatic rings. The highest BCUT2D eigenvalue weighted by Crippen LogP contribution is 2.37. The van der Waals surface area contributed by atoms with E-state index in [1.54, 1.807) is 0 Å². The predicted octanol–water partition coefficient (Wildman–Crippen LogP) is 4.37. The third-order valence-corrected chi connectivity index (χ3v) is 5.09. The molecule has 2 aliphatic rings. The Bertz CT molecular complexity index is 202. The van der Waals surface area contributed by atoms with Crippen molar-refractivity contribution in [1.82, 2.24) is 5.32 Å². The Kier molecular flexibility index (Phi) is 5.34. The fourth-order valence-corrected chi connectivity index (χ4v) is 3.59. The van der Waals surface area contributed by atoms with Crippen LogP contribution in [0.1, 0.15) is 71.6 Å². The Morgan fingerprint density at radius 1 is 0.941 bits per heavy atom. The first-order valence-electron chi connectivity index (χ1n) is 8.06. The van der Waals surface area contributed by atoms with Crippen LogP contribution in [0.15, 0.2) is 0 Å². The third kappa shape index (κ3) is 4.28. The molecule has 2 saturated carbocycles. The van der Waals surface area contributed by atoms with Gasteiger partial charge in [0.2, 0.25) is 0 Å². The highest BCUT2D eigenvalue weighted by Gasteiger charge is 2.28. The minimum Gasteiger partial charge on any atom is -0.314 e. The maximum Gasteiger partial charge on any atom is 0.00953 e. The van der Waals surface area contributed by atoms with Crippen LogP contribution in [0, 0.1) is 17.8 Å². The summed E-state index contributed by atoms with van der Waals surface area (Å²) in [6, 6.07) is 0.832. The smallest absolute Gasteiger partial charge is 0.00953 e. The average molecular weight is 237 g/mol. The van der Waals surface area contributed by atoms with Crippen molar-refractivity contribution in [3.05, 3.63) is 0 Å². The van der Waals surface area contributed by atoms with E-state index in [1.165, 1.54) is 57.8 Å². The van der Waals surface area contributed by atoms with Gasteiger partial charge in [-0.2, -0.15) is 0 Å². The van der Waals surface area contributed by atoms with Crippen LogP contribution < -0.4 is 5.32 Å². The molecule has 0 aromatic heterocycles. The average Bonchev–Trinajstić information content (AvgIpc) is 3.19. The second-order valence-corrected chi connectivity index (χ2v) is 6.37. The Hall–Kier alpha value is -0.0400. The van der Waals surface area contributed by atoms with Crippen molar-refractivity contribution < 1.29 is 0 Å². The fraction of sp³-hybridized carbons (Fsp3) is 1.00. The van der Waals surface area contributed by atoms with Crippen molar-refractivity contribution in [2.24, 2.45) is 17.8 Å². The van der Waals surface area contributed by atoms with E-state index in [0.29, 0.717) is 0 Å². The van der Waals surface area contributed by atoms with Crippen molar-refractivity contribution in [3.8, 4) is 0 Å². The minimum absolute atomic E-state index is 0.832. The van der Waals surface area contributed by atoms with E-state index in [2.05, 4.69) is 19.2 Å². The SMILES string of the molecule is CCNC(CCC1CC1)C1CCC(CC)CC1. The van der Waals surface area contributed by atoms with E-state index >= 15 is 0 Å². The van der Waals surface area contributed by atoms with Crippen LogP contribution in [0.2, 0.25) is 0 Å². The Labute approximate surface area is 108 Å². The molecule has 17 heavy (non-hydrogen) atoms. The van der Waals surface area contributed by atoms with Crippen molar-refractivity contribution in [2.75, 3.05) is 6.54 Å². The molecule has 2 aliphatic carbocycles. The summed E-state index contributed by atoms with van der Waals surface area (Å²) in [6.45, 7) is 5.78. The standard InChI is InChI=1S/C16H31N/c1-3-13-7-10-15(11-8-13)16(17-4-2)12-9-14-5-6-14/h13-17H,3-12H2,1-2H3. The molecule has 0 spiro atoms.